The number of rotatable bonds is 3. The van der Waals surface area contributed by atoms with E-state index in [-0.39, 0.29) is 17.9 Å². The van der Waals surface area contributed by atoms with Gasteiger partial charge in [0.05, 0.1) is 17.4 Å². The molecule has 0 amide bonds. The van der Waals surface area contributed by atoms with Crippen molar-refractivity contribution in [2.45, 2.75) is 37.1 Å². The van der Waals surface area contributed by atoms with E-state index in [1.54, 1.807) is 17.8 Å². The zero-order valence-electron chi connectivity index (χ0n) is 15.4. The van der Waals surface area contributed by atoms with Gasteiger partial charge in [0.1, 0.15) is 11.9 Å². The fourth-order valence-electron chi connectivity index (χ4n) is 4.40. The first-order valence-corrected chi connectivity index (χ1v) is 10.5. The number of anilines is 1. The second-order valence-corrected chi connectivity index (χ2v) is 8.95. The first kappa shape index (κ1) is 17.0. The minimum Gasteiger partial charge on any atom is -0.369 e. The van der Waals surface area contributed by atoms with E-state index in [0.717, 1.165) is 54.6 Å². The average molecular weight is 383 g/mol. The van der Waals surface area contributed by atoms with E-state index in [2.05, 4.69) is 27.8 Å². The molecule has 2 saturated heterocycles. The molecule has 0 N–H and O–H groups in total. The molecule has 5 rings (SSSR count). The maximum atomic E-state index is 15.0. The van der Waals surface area contributed by atoms with Crippen LogP contribution in [0.3, 0.4) is 0 Å². The third-order valence-corrected chi connectivity index (χ3v) is 6.74. The van der Waals surface area contributed by atoms with Crippen molar-refractivity contribution in [1.29, 1.82) is 0 Å². The summed E-state index contributed by atoms with van der Waals surface area (Å²) in [4.78, 5) is 14.0. The molecule has 4 nitrogen and oxygen atoms in total. The van der Waals surface area contributed by atoms with Gasteiger partial charge < -0.3 is 9.80 Å². The minimum atomic E-state index is -0.123. The highest BCUT2D eigenvalue weighted by atomic mass is 32.2. The van der Waals surface area contributed by atoms with Crippen LogP contribution in [-0.4, -0.2) is 39.9 Å². The molecule has 2 aromatic rings. The second-order valence-electron chi connectivity index (χ2n) is 7.54. The molecule has 1 aromatic carbocycles. The maximum Gasteiger partial charge on any atom is 0.160 e. The van der Waals surface area contributed by atoms with Crippen molar-refractivity contribution in [3.8, 4) is 0 Å². The summed E-state index contributed by atoms with van der Waals surface area (Å²) in [5.41, 5.74) is 2.66. The van der Waals surface area contributed by atoms with E-state index < -0.39 is 0 Å². The van der Waals surface area contributed by atoms with Crippen LogP contribution < -0.4 is 4.90 Å². The van der Waals surface area contributed by atoms with Gasteiger partial charge in [0.25, 0.3) is 0 Å². The number of amidine groups is 1. The number of benzene rings is 1. The normalized spacial score (nSPS) is 27.2. The van der Waals surface area contributed by atoms with E-state index >= 15 is 0 Å². The van der Waals surface area contributed by atoms with Crippen LogP contribution in [0.4, 0.5) is 10.1 Å². The van der Waals surface area contributed by atoms with Gasteiger partial charge in [-0.05, 0) is 42.7 Å². The highest BCUT2D eigenvalue weighted by Crippen LogP contribution is 2.47. The van der Waals surface area contributed by atoms with Crippen molar-refractivity contribution in [3.05, 3.63) is 59.7 Å². The van der Waals surface area contributed by atoms with Crippen molar-refractivity contribution in [1.82, 2.24) is 9.88 Å². The largest absolute Gasteiger partial charge is 0.369 e. The van der Waals surface area contributed by atoms with Crippen LogP contribution in [0.2, 0.25) is 0 Å². The van der Waals surface area contributed by atoms with Crippen molar-refractivity contribution < 1.29 is 4.39 Å². The Bertz CT molecular complexity index is 866. The quantitative estimate of drug-likeness (QED) is 0.787. The summed E-state index contributed by atoms with van der Waals surface area (Å²) in [7, 11) is 0. The molecule has 4 heterocycles. The Morgan fingerprint density at radius 3 is 2.74 bits per heavy atom. The highest BCUT2D eigenvalue weighted by molar-refractivity contribution is 8.14. The summed E-state index contributed by atoms with van der Waals surface area (Å²) in [5, 5.41) is 1.57. The topological polar surface area (TPSA) is 31.7 Å². The fraction of sp³-hybridized carbons (Fsp3) is 0.429. The first-order valence-electron chi connectivity index (χ1n) is 9.67. The molecule has 0 bridgehead atoms. The Morgan fingerprint density at radius 1 is 1.15 bits per heavy atom. The smallest absolute Gasteiger partial charge is 0.160 e. The SMILES string of the molecule is C[C@@H]1CN2C(=N[C@@H](c3ccccn3)[C@H]2c2ccc(N3CCCC3)c(F)c2)S1. The Balaban J connectivity index is 1.52. The molecule has 0 unspecified atom stereocenters. The van der Waals surface area contributed by atoms with Gasteiger partial charge in [0, 0.05) is 31.1 Å². The maximum absolute atomic E-state index is 15.0. The molecule has 3 atom stereocenters. The number of aromatic nitrogens is 1. The molecule has 1 aromatic heterocycles. The summed E-state index contributed by atoms with van der Waals surface area (Å²) in [6.07, 6.45) is 4.10. The summed E-state index contributed by atoms with van der Waals surface area (Å²) in [6, 6.07) is 11.6. The lowest BCUT2D eigenvalue weighted by atomic mass is 9.96. The van der Waals surface area contributed by atoms with Gasteiger partial charge in [-0.2, -0.15) is 0 Å². The standard InChI is InChI=1S/C21H23FN4S/c1-14-13-26-20(19(24-21(26)27-14)17-6-2-3-9-23-17)15-7-8-18(16(22)12-15)25-10-4-5-11-25/h2-3,6-9,12,14,19-20H,4-5,10-11,13H2,1H3/t14-,19+,20-/m1/s1. The number of hydrogen-bond donors (Lipinski definition) is 0. The van der Waals surface area contributed by atoms with Gasteiger partial charge in [0.2, 0.25) is 0 Å². The summed E-state index contributed by atoms with van der Waals surface area (Å²) >= 11 is 1.81. The lowest BCUT2D eigenvalue weighted by Gasteiger charge is -2.28. The van der Waals surface area contributed by atoms with E-state index in [0.29, 0.717) is 5.25 Å². The van der Waals surface area contributed by atoms with E-state index in [1.165, 1.54) is 0 Å². The van der Waals surface area contributed by atoms with Gasteiger partial charge >= 0.3 is 0 Å². The molecule has 3 aliphatic rings. The summed E-state index contributed by atoms with van der Waals surface area (Å²) < 4.78 is 15.0. The summed E-state index contributed by atoms with van der Waals surface area (Å²) in [5.74, 6) is -0.123. The van der Waals surface area contributed by atoms with Crippen LogP contribution in [0.1, 0.15) is 43.1 Å². The molecule has 0 aliphatic carbocycles. The number of halogens is 1. The molecule has 6 heteroatoms. The molecular formula is C21H23FN4S. The van der Waals surface area contributed by atoms with Crippen LogP contribution in [0.5, 0.6) is 0 Å². The van der Waals surface area contributed by atoms with Crippen LogP contribution in [-0.2, 0) is 0 Å². The van der Waals surface area contributed by atoms with Crippen LogP contribution >= 0.6 is 11.8 Å². The zero-order chi connectivity index (χ0) is 18.4. The van der Waals surface area contributed by atoms with Crippen molar-refractivity contribution in [3.63, 3.8) is 0 Å². The van der Waals surface area contributed by atoms with E-state index in [4.69, 9.17) is 4.99 Å². The summed E-state index contributed by atoms with van der Waals surface area (Å²) in [6.45, 7) is 5.05. The molecular weight excluding hydrogens is 359 g/mol. The number of nitrogens with zero attached hydrogens (tertiary/aromatic N) is 4. The van der Waals surface area contributed by atoms with Gasteiger partial charge in [-0.25, -0.2) is 4.39 Å². The third kappa shape index (κ3) is 3.00. The Labute approximate surface area is 163 Å². The predicted octanol–water partition coefficient (Wildman–Crippen LogP) is 4.41. The first-order chi connectivity index (χ1) is 13.2. The molecule has 2 fully saturated rings. The van der Waals surface area contributed by atoms with Gasteiger partial charge in [0.15, 0.2) is 5.17 Å². The predicted molar refractivity (Wildman–Crippen MR) is 109 cm³/mol. The fourth-order valence-corrected chi connectivity index (χ4v) is 5.49. The molecule has 3 aliphatic heterocycles. The molecule has 0 radical (unpaired) electrons. The van der Waals surface area contributed by atoms with Crippen LogP contribution in [0, 0.1) is 5.82 Å². The lowest BCUT2D eigenvalue weighted by molar-refractivity contribution is 0.320. The minimum absolute atomic E-state index is 0.00878. The Kier molecular flexibility index (Phi) is 4.31. The number of thioether (sulfide) groups is 1. The lowest BCUT2D eigenvalue weighted by Crippen LogP contribution is -2.29. The third-order valence-electron chi connectivity index (χ3n) is 5.64. The van der Waals surface area contributed by atoms with Crippen molar-refractivity contribution >= 4 is 22.6 Å². The molecule has 27 heavy (non-hydrogen) atoms. The highest BCUT2D eigenvalue weighted by Gasteiger charge is 2.43. The van der Waals surface area contributed by atoms with Crippen molar-refractivity contribution in [2.24, 2.45) is 4.99 Å². The molecule has 140 valence electrons. The Morgan fingerprint density at radius 2 is 2.00 bits per heavy atom. The van der Waals surface area contributed by atoms with E-state index in [9.17, 15) is 4.39 Å². The average Bonchev–Trinajstić information content (AvgIpc) is 3.38. The Hall–Kier alpha value is -2.08. The molecule has 0 spiro atoms. The number of hydrogen-bond acceptors (Lipinski definition) is 5. The van der Waals surface area contributed by atoms with E-state index in [1.807, 2.05) is 30.5 Å². The van der Waals surface area contributed by atoms with Gasteiger partial charge in [-0.15, -0.1) is 0 Å². The number of fused-ring (bicyclic) bond motifs is 1. The number of pyridine rings is 1. The monoisotopic (exact) mass is 382 g/mol. The zero-order valence-corrected chi connectivity index (χ0v) is 16.2. The van der Waals surface area contributed by atoms with Crippen molar-refractivity contribution in [2.75, 3.05) is 24.5 Å². The number of aliphatic imine (C=N–C) groups is 1. The van der Waals surface area contributed by atoms with Gasteiger partial charge in [-0.1, -0.05) is 30.8 Å². The van der Waals surface area contributed by atoms with Gasteiger partial charge in [-0.3, -0.25) is 9.98 Å². The second kappa shape index (κ2) is 6.82. The van der Waals surface area contributed by atoms with Crippen LogP contribution in [0.25, 0.3) is 0 Å². The molecule has 0 saturated carbocycles. The van der Waals surface area contributed by atoms with Crippen LogP contribution in [0.15, 0.2) is 47.6 Å².